The average molecular weight is 296 g/mol. The van der Waals surface area contributed by atoms with Crippen molar-refractivity contribution in [2.75, 3.05) is 11.9 Å². The van der Waals surface area contributed by atoms with Gasteiger partial charge in [-0.2, -0.15) is 0 Å². The zero-order valence-corrected chi connectivity index (χ0v) is 12.9. The summed E-state index contributed by atoms with van der Waals surface area (Å²) in [6.07, 6.45) is 3.73. The molecular weight excluding hydrogens is 276 g/mol. The van der Waals surface area contributed by atoms with Crippen molar-refractivity contribution < 1.29 is 14.3 Å². The first-order valence-corrected chi connectivity index (χ1v) is 7.80. The lowest BCUT2D eigenvalue weighted by molar-refractivity contribution is 0.0517. The molecule has 1 aromatic rings. The number of nitrogens with zero attached hydrogens (tertiary/aromatic N) is 1. The number of nitrogens with one attached hydrogen (secondary N) is 1. The van der Waals surface area contributed by atoms with E-state index in [-0.39, 0.29) is 18.1 Å². The van der Waals surface area contributed by atoms with Gasteiger partial charge in [0.2, 0.25) is 0 Å². The van der Waals surface area contributed by atoms with E-state index in [0.717, 1.165) is 0 Å². The van der Waals surface area contributed by atoms with Crippen molar-refractivity contribution in [2.24, 2.45) is 5.92 Å². The molecule has 1 N–H and O–H groups in total. The monoisotopic (exact) mass is 296 g/mol. The zero-order chi connectivity index (χ0) is 14.7. The van der Waals surface area contributed by atoms with Gasteiger partial charge in [-0.25, -0.2) is 9.78 Å². The van der Waals surface area contributed by atoms with Gasteiger partial charge >= 0.3 is 5.97 Å². The molecule has 1 atom stereocenters. The molecule has 0 aliphatic heterocycles. The number of hydrogen-bond donors (Lipinski definition) is 1. The molecule has 0 bridgehead atoms. The third-order valence-corrected chi connectivity index (χ3v) is 4.71. The Morgan fingerprint density at radius 1 is 1.50 bits per heavy atom. The summed E-state index contributed by atoms with van der Waals surface area (Å²) in [6.45, 7) is 5.56. The number of anilines is 1. The van der Waals surface area contributed by atoms with Crippen molar-refractivity contribution in [2.45, 2.75) is 46.1 Å². The smallest absolute Gasteiger partial charge is 0.358 e. The Hall–Kier alpha value is -1.43. The number of carbonyl (C=O) groups excluding carboxylic acids is 2. The molecule has 6 heteroatoms. The number of ketones is 1. The largest absolute Gasteiger partial charge is 0.461 e. The van der Waals surface area contributed by atoms with Gasteiger partial charge in [-0.05, 0) is 32.6 Å². The Morgan fingerprint density at radius 2 is 2.20 bits per heavy atom. The molecule has 2 rings (SSSR count). The molecule has 0 amide bonds. The van der Waals surface area contributed by atoms with E-state index in [0.29, 0.717) is 22.0 Å². The molecule has 0 spiro atoms. The highest BCUT2D eigenvalue weighted by Crippen LogP contribution is 2.32. The lowest BCUT2D eigenvalue weighted by atomic mass is 9.80. The van der Waals surface area contributed by atoms with Crippen LogP contribution in [0.3, 0.4) is 0 Å². The van der Waals surface area contributed by atoms with Crippen LogP contribution >= 0.6 is 11.3 Å². The normalized spacial score (nSPS) is 16.4. The number of rotatable bonds is 6. The maximum Gasteiger partial charge on any atom is 0.358 e. The van der Waals surface area contributed by atoms with E-state index in [2.05, 4.69) is 17.2 Å². The standard InChI is InChI=1S/C14H20N2O3S/c1-4-19-13(18)11-12(9(3)17)20-14(16-11)15-8(2)10-6-5-7-10/h8,10H,4-7H2,1-3H3,(H,15,16). The van der Waals surface area contributed by atoms with Crippen LogP contribution in [-0.2, 0) is 4.74 Å². The SMILES string of the molecule is CCOC(=O)c1nc(NC(C)C2CCC2)sc1C(C)=O. The van der Waals surface area contributed by atoms with Gasteiger partial charge in [0.15, 0.2) is 16.6 Å². The molecule has 0 saturated heterocycles. The zero-order valence-electron chi connectivity index (χ0n) is 12.1. The minimum absolute atomic E-state index is 0.132. The molecule has 110 valence electrons. The van der Waals surface area contributed by atoms with Crippen LogP contribution < -0.4 is 5.32 Å². The summed E-state index contributed by atoms with van der Waals surface area (Å²) in [5.41, 5.74) is 0.132. The quantitative estimate of drug-likeness (QED) is 0.645. The molecule has 5 nitrogen and oxygen atoms in total. The van der Waals surface area contributed by atoms with Crippen LogP contribution in [-0.4, -0.2) is 29.4 Å². The number of thiazole rings is 1. The Bertz CT molecular complexity index is 509. The summed E-state index contributed by atoms with van der Waals surface area (Å²) in [5.74, 6) is -0.0288. The van der Waals surface area contributed by atoms with Gasteiger partial charge in [0.05, 0.1) is 6.61 Å². The van der Waals surface area contributed by atoms with Crippen molar-refractivity contribution in [3.05, 3.63) is 10.6 Å². The van der Waals surface area contributed by atoms with E-state index in [1.807, 2.05) is 0 Å². The molecular formula is C14H20N2O3S. The Balaban J connectivity index is 2.15. The minimum Gasteiger partial charge on any atom is -0.461 e. The number of aromatic nitrogens is 1. The first-order valence-electron chi connectivity index (χ1n) is 6.98. The van der Waals surface area contributed by atoms with Crippen LogP contribution in [0.4, 0.5) is 5.13 Å². The highest BCUT2D eigenvalue weighted by atomic mass is 32.1. The van der Waals surface area contributed by atoms with Crippen molar-refractivity contribution in [3.63, 3.8) is 0 Å². The molecule has 1 aromatic heterocycles. The van der Waals surface area contributed by atoms with Crippen molar-refractivity contribution in [1.82, 2.24) is 4.98 Å². The fourth-order valence-corrected chi connectivity index (χ4v) is 3.16. The fraction of sp³-hybridized carbons (Fsp3) is 0.643. The molecule has 1 fully saturated rings. The molecule has 0 aromatic carbocycles. The molecule has 1 aliphatic carbocycles. The summed E-state index contributed by atoms with van der Waals surface area (Å²) in [6, 6.07) is 0.310. The van der Waals surface area contributed by atoms with E-state index >= 15 is 0 Å². The summed E-state index contributed by atoms with van der Waals surface area (Å²) < 4.78 is 4.94. The van der Waals surface area contributed by atoms with Gasteiger partial charge in [0.25, 0.3) is 0 Å². The number of esters is 1. The van der Waals surface area contributed by atoms with Gasteiger partial charge in [-0.15, -0.1) is 0 Å². The van der Waals surface area contributed by atoms with E-state index in [1.165, 1.54) is 37.5 Å². The summed E-state index contributed by atoms with van der Waals surface area (Å²) in [4.78, 5) is 28.0. The average Bonchev–Trinajstić information content (AvgIpc) is 2.71. The van der Waals surface area contributed by atoms with Gasteiger partial charge in [-0.3, -0.25) is 4.79 Å². The number of carbonyl (C=O) groups is 2. The van der Waals surface area contributed by atoms with E-state index in [9.17, 15) is 9.59 Å². The second-order valence-corrected chi connectivity index (χ2v) is 6.10. The summed E-state index contributed by atoms with van der Waals surface area (Å²) in [5, 5.41) is 3.93. The summed E-state index contributed by atoms with van der Waals surface area (Å²) in [7, 11) is 0. The third-order valence-electron chi connectivity index (χ3n) is 3.62. The van der Waals surface area contributed by atoms with Gasteiger partial charge in [0, 0.05) is 13.0 Å². The topological polar surface area (TPSA) is 68.3 Å². The summed E-state index contributed by atoms with van der Waals surface area (Å²) >= 11 is 1.23. The van der Waals surface area contributed by atoms with E-state index in [1.54, 1.807) is 6.92 Å². The second-order valence-electron chi connectivity index (χ2n) is 5.10. The molecule has 1 unspecified atom stereocenters. The van der Waals surface area contributed by atoms with Gasteiger partial charge in [-0.1, -0.05) is 17.8 Å². The Morgan fingerprint density at radius 3 is 2.70 bits per heavy atom. The van der Waals surface area contributed by atoms with Gasteiger partial charge < -0.3 is 10.1 Å². The number of hydrogen-bond acceptors (Lipinski definition) is 6. The van der Waals surface area contributed by atoms with Crippen LogP contribution in [0.15, 0.2) is 0 Å². The molecule has 0 radical (unpaired) electrons. The highest BCUT2D eigenvalue weighted by Gasteiger charge is 2.27. The fourth-order valence-electron chi connectivity index (χ4n) is 2.21. The van der Waals surface area contributed by atoms with Crippen LogP contribution in [0.1, 0.15) is 60.2 Å². The molecule has 1 heterocycles. The van der Waals surface area contributed by atoms with Gasteiger partial charge in [0.1, 0.15) is 4.88 Å². The molecule has 1 aliphatic rings. The first kappa shape index (κ1) is 15.0. The van der Waals surface area contributed by atoms with Crippen molar-refractivity contribution in [3.8, 4) is 0 Å². The van der Waals surface area contributed by atoms with Crippen LogP contribution in [0, 0.1) is 5.92 Å². The van der Waals surface area contributed by atoms with Crippen molar-refractivity contribution >= 4 is 28.2 Å². The van der Waals surface area contributed by atoms with E-state index < -0.39 is 5.97 Å². The second kappa shape index (κ2) is 6.35. The maximum atomic E-state index is 11.8. The van der Waals surface area contributed by atoms with Crippen molar-refractivity contribution in [1.29, 1.82) is 0 Å². The highest BCUT2D eigenvalue weighted by molar-refractivity contribution is 7.17. The predicted octanol–water partition coefficient (Wildman–Crippen LogP) is 3.12. The lowest BCUT2D eigenvalue weighted by Crippen LogP contribution is -2.30. The maximum absolute atomic E-state index is 11.8. The van der Waals surface area contributed by atoms with E-state index in [4.69, 9.17) is 4.74 Å². The first-order chi connectivity index (χ1) is 9.52. The molecule has 1 saturated carbocycles. The lowest BCUT2D eigenvalue weighted by Gasteiger charge is -2.31. The molecule has 20 heavy (non-hydrogen) atoms. The van der Waals surface area contributed by atoms with Crippen LogP contribution in [0.5, 0.6) is 0 Å². The van der Waals surface area contributed by atoms with Crippen LogP contribution in [0.2, 0.25) is 0 Å². The third kappa shape index (κ3) is 3.17. The Kier molecular flexibility index (Phi) is 4.75. The minimum atomic E-state index is -0.529. The number of Topliss-reactive ketones (excluding diaryl/α,β-unsaturated/α-hetero) is 1. The van der Waals surface area contributed by atoms with Crippen LogP contribution in [0.25, 0.3) is 0 Å². The Labute approximate surface area is 122 Å². The predicted molar refractivity (Wildman–Crippen MR) is 78.5 cm³/mol. The number of ether oxygens (including phenoxy) is 1.